The molecule has 134 valence electrons. The first-order valence-corrected chi connectivity index (χ1v) is 8.97. The lowest BCUT2D eigenvalue weighted by molar-refractivity contribution is 0.0526. The first kappa shape index (κ1) is 19.0. The molecule has 0 aliphatic heterocycles. The van der Waals surface area contributed by atoms with Crippen molar-refractivity contribution in [2.24, 2.45) is 0 Å². The van der Waals surface area contributed by atoms with E-state index in [0.29, 0.717) is 0 Å². The fraction of sp³-hybridized carbons (Fsp3) is 0.188. The van der Waals surface area contributed by atoms with Crippen LogP contribution in [0.2, 0.25) is 5.02 Å². The van der Waals surface area contributed by atoms with E-state index in [1.807, 2.05) is 0 Å². The Morgan fingerprint density at radius 3 is 2.52 bits per heavy atom. The third-order valence-electron chi connectivity index (χ3n) is 3.15. The summed E-state index contributed by atoms with van der Waals surface area (Å²) in [6.45, 7) is 1.84. The van der Waals surface area contributed by atoms with Gasteiger partial charge in [-0.25, -0.2) is 17.6 Å². The summed E-state index contributed by atoms with van der Waals surface area (Å²) in [5, 5.41) is 0.0274. The monoisotopic (exact) mass is 387 g/mol. The van der Waals surface area contributed by atoms with Gasteiger partial charge in [-0.15, -0.1) is 0 Å². The van der Waals surface area contributed by atoms with Gasteiger partial charge in [0.2, 0.25) is 0 Å². The maximum atomic E-state index is 13.7. The Balaban J connectivity index is 2.27. The molecule has 2 aromatic carbocycles. The molecule has 0 aromatic heterocycles. The second kappa shape index (κ2) is 7.71. The number of benzene rings is 2. The standard InChI is InChI=1S/C16H15ClFNO5S/c1-3-24-16(20)12-6-4-10(8-13(12)17)19-25(21,22)11-5-7-15(23-2)14(18)9-11/h4-9,19H,3H2,1-2H3. The van der Waals surface area contributed by atoms with Gasteiger partial charge in [0.25, 0.3) is 10.0 Å². The molecule has 0 heterocycles. The Bertz CT molecular complexity index is 901. The minimum atomic E-state index is -4.04. The molecule has 0 unspecified atom stereocenters. The summed E-state index contributed by atoms with van der Waals surface area (Å²) in [5.74, 6) is -1.49. The molecule has 1 N–H and O–H groups in total. The van der Waals surface area contributed by atoms with Gasteiger partial charge in [-0.1, -0.05) is 11.6 Å². The molecule has 0 fully saturated rings. The molecule has 6 nitrogen and oxygen atoms in total. The topological polar surface area (TPSA) is 81.7 Å². The number of rotatable bonds is 6. The lowest BCUT2D eigenvalue weighted by Gasteiger charge is -2.11. The van der Waals surface area contributed by atoms with Crippen LogP contribution in [0.15, 0.2) is 41.3 Å². The fourth-order valence-corrected chi connectivity index (χ4v) is 3.30. The SMILES string of the molecule is CCOC(=O)c1ccc(NS(=O)(=O)c2ccc(OC)c(F)c2)cc1Cl. The number of anilines is 1. The number of nitrogens with one attached hydrogen (secondary N) is 1. The first-order chi connectivity index (χ1) is 11.8. The quantitative estimate of drug-likeness (QED) is 0.767. The molecule has 2 aromatic rings. The van der Waals surface area contributed by atoms with Crippen molar-refractivity contribution >= 4 is 33.3 Å². The van der Waals surface area contributed by atoms with Crippen LogP contribution < -0.4 is 9.46 Å². The molecule has 2 rings (SSSR count). The van der Waals surface area contributed by atoms with E-state index in [9.17, 15) is 17.6 Å². The van der Waals surface area contributed by atoms with E-state index in [0.717, 1.165) is 6.07 Å². The number of esters is 1. The summed E-state index contributed by atoms with van der Waals surface area (Å²) in [5.41, 5.74) is 0.233. The van der Waals surface area contributed by atoms with E-state index >= 15 is 0 Å². The number of methoxy groups -OCH3 is 1. The minimum Gasteiger partial charge on any atom is -0.494 e. The van der Waals surface area contributed by atoms with Crippen molar-refractivity contribution in [2.45, 2.75) is 11.8 Å². The normalized spacial score (nSPS) is 11.0. The number of halogens is 2. The van der Waals surface area contributed by atoms with Crippen LogP contribution in [0.25, 0.3) is 0 Å². The molecule has 0 amide bonds. The van der Waals surface area contributed by atoms with Crippen molar-refractivity contribution in [3.8, 4) is 5.75 Å². The van der Waals surface area contributed by atoms with Crippen LogP contribution >= 0.6 is 11.6 Å². The number of sulfonamides is 1. The Labute approximate surface area is 149 Å². The van der Waals surface area contributed by atoms with E-state index in [1.54, 1.807) is 6.92 Å². The average Bonchev–Trinajstić information content (AvgIpc) is 2.54. The lowest BCUT2D eigenvalue weighted by atomic mass is 10.2. The average molecular weight is 388 g/mol. The van der Waals surface area contributed by atoms with Crippen molar-refractivity contribution < 1.29 is 27.1 Å². The predicted octanol–water partition coefficient (Wildman–Crippen LogP) is 3.47. The van der Waals surface area contributed by atoms with Gasteiger partial charge in [-0.05, 0) is 43.3 Å². The van der Waals surface area contributed by atoms with E-state index in [4.69, 9.17) is 21.1 Å². The molecule has 0 spiro atoms. The van der Waals surface area contributed by atoms with Crippen LogP contribution in [0.3, 0.4) is 0 Å². The zero-order valence-electron chi connectivity index (χ0n) is 13.4. The number of carbonyl (C=O) groups excluding carboxylic acids is 1. The molecule has 0 atom stereocenters. The number of ether oxygens (including phenoxy) is 2. The van der Waals surface area contributed by atoms with E-state index in [1.165, 1.54) is 37.4 Å². The molecule has 9 heteroatoms. The summed E-state index contributed by atoms with van der Waals surface area (Å²) in [6, 6.07) is 7.23. The highest BCUT2D eigenvalue weighted by Gasteiger charge is 2.18. The largest absolute Gasteiger partial charge is 0.494 e. The van der Waals surface area contributed by atoms with Crippen LogP contribution in [-0.4, -0.2) is 28.1 Å². The Morgan fingerprint density at radius 2 is 1.96 bits per heavy atom. The number of hydrogen-bond donors (Lipinski definition) is 1. The van der Waals surface area contributed by atoms with Gasteiger partial charge in [-0.3, -0.25) is 4.72 Å². The van der Waals surface area contributed by atoms with Gasteiger partial charge in [0.05, 0.1) is 34.9 Å². The molecule has 0 bridgehead atoms. The van der Waals surface area contributed by atoms with Gasteiger partial charge < -0.3 is 9.47 Å². The van der Waals surface area contributed by atoms with Crippen LogP contribution in [-0.2, 0) is 14.8 Å². The fourth-order valence-electron chi connectivity index (χ4n) is 1.98. The van der Waals surface area contributed by atoms with E-state index < -0.39 is 21.8 Å². The van der Waals surface area contributed by atoms with Crippen LogP contribution in [0.5, 0.6) is 5.75 Å². The van der Waals surface area contributed by atoms with Gasteiger partial charge in [0.15, 0.2) is 11.6 Å². The molecule has 25 heavy (non-hydrogen) atoms. The number of hydrogen-bond acceptors (Lipinski definition) is 5. The van der Waals surface area contributed by atoms with Crippen LogP contribution in [0, 0.1) is 5.82 Å². The first-order valence-electron chi connectivity index (χ1n) is 7.11. The third kappa shape index (κ3) is 4.40. The second-order valence-corrected chi connectivity index (χ2v) is 6.91. The third-order valence-corrected chi connectivity index (χ3v) is 4.84. The maximum Gasteiger partial charge on any atom is 0.339 e. The maximum absolute atomic E-state index is 13.7. The molecule has 0 aliphatic carbocycles. The van der Waals surface area contributed by atoms with Crippen molar-refractivity contribution in [3.05, 3.63) is 52.8 Å². The zero-order valence-corrected chi connectivity index (χ0v) is 14.9. The molecule has 0 saturated heterocycles. The zero-order chi connectivity index (χ0) is 18.6. The van der Waals surface area contributed by atoms with Crippen molar-refractivity contribution in [3.63, 3.8) is 0 Å². The van der Waals surface area contributed by atoms with Gasteiger partial charge in [-0.2, -0.15) is 0 Å². The predicted molar refractivity (Wildman–Crippen MR) is 91.2 cm³/mol. The highest BCUT2D eigenvalue weighted by molar-refractivity contribution is 7.92. The summed E-state index contributed by atoms with van der Waals surface area (Å²) in [6.07, 6.45) is 0. The number of carbonyl (C=O) groups is 1. The van der Waals surface area contributed by atoms with Crippen molar-refractivity contribution in [1.29, 1.82) is 0 Å². The summed E-state index contributed by atoms with van der Waals surface area (Å²) < 4.78 is 50.2. The Morgan fingerprint density at radius 1 is 1.24 bits per heavy atom. The second-order valence-electron chi connectivity index (χ2n) is 4.82. The molecule has 0 radical (unpaired) electrons. The highest BCUT2D eigenvalue weighted by Crippen LogP contribution is 2.25. The summed E-state index contributed by atoms with van der Waals surface area (Å²) in [7, 11) is -2.77. The molecular weight excluding hydrogens is 373 g/mol. The minimum absolute atomic E-state index is 0.0274. The summed E-state index contributed by atoms with van der Waals surface area (Å²) in [4.78, 5) is 11.4. The van der Waals surface area contributed by atoms with E-state index in [2.05, 4.69) is 4.72 Å². The van der Waals surface area contributed by atoms with Crippen molar-refractivity contribution in [1.82, 2.24) is 0 Å². The van der Waals surface area contributed by atoms with Crippen molar-refractivity contribution in [2.75, 3.05) is 18.4 Å². The molecule has 0 aliphatic rings. The Hall–Kier alpha value is -2.32. The highest BCUT2D eigenvalue weighted by atomic mass is 35.5. The smallest absolute Gasteiger partial charge is 0.339 e. The van der Waals surface area contributed by atoms with Gasteiger partial charge >= 0.3 is 5.97 Å². The van der Waals surface area contributed by atoms with Gasteiger partial charge in [0, 0.05) is 0 Å². The van der Waals surface area contributed by atoms with Gasteiger partial charge in [0.1, 0.15) is 0 Å². The Kier molecular flexibility index (Phi) is 5.86. The van der Waals surface area contributed by atoms with E-state index in [-0.39, 0.29) is 33.5 Å². The molecule has 0 saturated carbocycles. The summed E-state index contributed by atoms with van der Waals surface area (Å²) >= 11 is 5.99. The van der Waals surface area contributed by atoms with Crippen LogP contribution in [0.1, 0.15) is 17.3 Å². The lowest BCUT2D eigenvalue weighted by Crippen LogP contribution is -2.14. The van der Waals surface area contributed by atoms with Crippen LogP contribution in [0.4, 0.5) is 10.1 Å². The molecular formula is C16H15ClFNO5S.